The fourth-order valence-electron chi connectivity index (χ4n) is 3.23. The minimum Gasteiger partial charge on any atom is -0.485 e. The van der Waals surface area contributed by atoms with Crippen LogP contribution in [-0.2, 0) is 14.3 Å². The van der Waals surface area contributed by atoms with Crippen molar-refractivity contribution in [2.24, 2.45) is 0 Å². The third kappa shape index (κ3) is 3.13. The van der Waals surface area contributed by atoms with Crippen molar-refractivity contribution in [2.45, 2.75) is 24.8 Å². The van der Waals surface area contributed by atoms with Crippen LogP contribution in [0, 0.1) is 13.8 Å². The first-order valence-corrected chi connectivity index (χ1v) is 9.91. The van der Waals surface area contributed by atoms with Crippen LogP contribution in [0.2, 0.25) is 0 Å². The number of hydrogen-bond donors (Lipinski definition) is 0. The Kier molecular flexibility index (Phi) is 4.28. The summed E-state index contributed by atoms with van der Waals surface area (Å²) in [5.41, 5.74) is 3.14. The first-order valence-electron chi connectivity index (χ1n) is 8.50. The Labute approximate surface area is 157 Å². The Balaban J connectivity index is 1.83. The fourth-order valence-corrected chi connectivity index (χ4v) is 4.12. The second kappa shape index (κ2) is 6.51. The van der Waals surface area contributed by atoms with Crippen LogP contribution in [0.5, 0.6) is 11.5 Å². The van der Waals surface area contributed by atoms with Gasteiger partial charge < -0.3 is 9.47 Å². The van der Waals surface area contributed by atoms with E-state index in [0.717, 1.165) is 29.3 Å². The van der Waals surface area contributed by atoms with Gasteiger partial charge in [-0.3, -0.25) is 9.17 Å². The highest BCUT2D eigenvalue weighted by Gasteiger charge is 2.30. The Bertz CT molecular complexity index is 1140. The van der Waals surface area contributed by atoms with Gasteiger partial charge in [-0.2, -0.15) is 8.42 Å². The molecule has 0 saturated carbocycles. The van der Waals surface area contributed by atoms with Crippen molar-refractivity contribution < 1.29 is 22.1 Å². The molecule has 6 nitrogen and oxygen atoms in total. The van der Waals surface area contributed by atoms with E-state index < -0.39 is 16.2 Å². The molecule has 1 aromatic heterocycles. The highest BCUT2D eigenvalue weighted by Crippen LogP contribution is 2.42. The van der Waals surface area contributed by atoms with Gasteiger partial charge in [0, 0.05) is 16.6 Å². The Morgan fingerprint density at radius 2 is 1.93 bits per heavy atom. The van der Waals surface area contributed by atoms with E-state index in [1.165, 1.54) is 6.07 Å². The fraction of sp³-hybridized carbons (Fsp3) is 0.250. The van der Waals surface area contributed by atoms with E-state index in [0.29, 0.717) is 17.1 Å². The zero-order valence-electron chi connectivity index (χ0n) is 15.2. The van der Waals surface area contributed by atoms with Crippen LogP contribution in [0.15, 0.2) is 47.4 Å². The summed E-state index contributed by atoms with van der Waals surface area (Å²) in [7, 11) is -2.72. The van der Waals surface area contributed by atoms with Crippen LogP contribution in [0.3, 0.4) is 0 Å². The number of nitrogens with zero attached hydrogens (tertiary/aromatic N) is 1. The van der Waals surface area contributed by atoms with E-state index in [1.54, 1.807) is 12.1 Å². The Morgan fingerprint density at radius 3 is 2.70 bits per heavy atom. The lowest BCUT2D eigenvalue weighted by Crippen LogP contribution is -2.24. The summed E-state index contributed by atoms with van der Waals surface area (Å²) >= 11 is 0. The molecule has 2 heterocycles. The van der Waals surface area contributed by atoms with E-state index in [4.69, 9.17) is 13.7 Å². The molecule has 0 amide bonds. The molecular weight excluding hydrogens is 366 g/mol. The molecule has 0 N–H and O–H groups in total. The third-order valence-electron chi connectivity index (χ3n) is 4.58. The molecule has 27 heavy (non-hydrogen) atoms. The predicted molar refractivity (Wildman–Crippen MR) is 101 cm³/mol. The second-order valence-corrected chi connectivity index (χ2v) is 8.17. The van der Waals surface area contributed by atoms with Gasteiger partial charge in [0.25, 0.3) is 10.1 Å². The van der Waals surface area contributed by atoms with Crippen molar-refractivity contribution in [1.29, 1.82) is 0 Å². The number of hydrogen-bond acceptors (Lipinski definition) is 6. The maximum absolute atomic E-state index is 12.3. The van der Waals surface area contributed by atoms with Crippen LogP contribution in [0.4, 0.5) is 0 Å². The van der Waals surface area contributed by atoms with Crippen LogP contribution in [0.25, 0.3) is 10.9 Å². The lowest BCUT2D eigenvalue weighted by atomic mass is 10.1. The Morgan fingerprint density at radius 1 is 1.11 bits per heavy atom. The van der Waals surface area contributed by atoms with E-state index in [9.17, 15) is 8.42 Å². The van der Waals surface area contributed by atoms with Gasteiger partial charge >= 0.3 is 0 Å². The second-order valence-electron chi connectivity index (χ2n) is 6.49. The molecule has 0 radical (unpaired) electrons. The zero-order chi connectivity index (χ0) is 19.2. The van der Waals surface area contributed by atoms with Crippen LogP contribution >= 0.6 is 0 Å². The van der Waals surface area contributed by atoms with Crippen LogP contribution in [0.1, 0.15) is 22.9 Å². The quantitative estimate of drug-likeness (QED) is 0.640. The zero-order valence-corrected chi connectivity index (χ0v) is 16.0. The number of pyridine rings is 1. The lowest BCUT2D eigenvalue weighted by molar-refractivity contribution is 0.0912. The summed E-state index contributed by atoms with van der Waals surface area (Å²) < 4.78 is 41.5. The number of fused-ring (bicyclic) bond motifs is 3. The molecule has 1 aliphatic rings. The minimum atomic E-state index is -3.87. The highest BCUT2D eigenvalue weighted by molar-refractivity contribution is 7.86. The molecular formula is C20H19NO5S. The average Bonchev–Trinajstić information content (AvgIpc) is 2.66. The summed E-state index contributed by atoms with van der Waals surface area (Å²) in [6, 6.07) is 12.6. The monoisotopic (exact) mass is 385 g/mol. The normalized spacial score (nSPS) is 16.5. The molecule has 1 aliphatic heterocycles. The van der Waals surface area contributed by atoms with Gasteiger partial charge in [0.2, 0.25) is 0 Å². The summed E-state index contributed by atoms with van der Waals surface area (Å²) in [4.78, 5) is 4.60. The van der Waals surface area contributed by atoms with Crippen molar-refractivity contribution in [3.8, 4) is 11.5 Å². The third-order valence-corrected chi connectivity index (χ3v) is 5.93. The number of rotatable bonds is 3. The van der Waals surface area contributed by atoms with Gasteiger partial charge in [-0.25, -0.2) is 0 Å². The molecule has 0 spiro atoms. The maximum atomic E-state index is 12.3. The molecule has 140 valence electrons. The SMILES string of the molecule is COS(=O)(=O)c1ccc(C)cc1[C@@H]1COc2ccc3nc(C)ccc3c2O1. The largest absolute Gasteiger partial charge is 0.485 e. The number of ether oxygens (including phenoxy) is 2. The molecule has 0 fully saturated rings. The van der Waals surface area contributed by atoms with Gasteiger partial charge in [0.05, 0.1) is 12.6 Å². The van der Waals surface area contributed by atoms with E-state index in [-0.39, 0.29) is 11.5 Å². The lowest BCUT2D eigenvalue weighted by Gasteiger charge is -2.29. The Hall–Kier alpha value is -2.64. The number of aryl methyl sites for hydroxylation is 2. The standard InChI is InChI=1S/C20H19NO5S/c1-12-4-9-19(27(22,23)24-3)15(10-12)18-11-25-17-8-7-16-14(20(17)26-18)6-5-13(2)21-16/h4-10,18H,11H2,1-3H3/t18-/m0/s1. The topological polar surface area (TPSA) is 74.7 Å². The molecule has 0 saturated heterocycles. The van der Waals surface area contributed by atoms with Crippen molar-refractivity contribution in [3.63, 3.8) is 0 Å². The molecule has 0 aliphatic carbocycles. The van der Waals surface area contributed by atoms with Gasteiger partial charge in [0.15, 0.2) is 17.6 Å². The molecule has 7 heteroatoms. The summed E-state index contributed by atoms with van der Waals surface area (Å²) in [5, 5.41) is 0.826. The van der Waals surface area contributed by atoms with Gasteiger partial charge in [-0.05, 0) is 44.2 Å². The summed E-state index contributed by atoms with van der Waals surface area (Å²) in [6.07, 6.45) is -0.579. The molecule has 2 aromatic carbocycles. The minimum absolute atomic E-state index is 0.0851. The summed E-state index contributed by atoms with van der Waals surface area (Å²) in [6.45, 7) is 4.02. The molecule has 4 rings (SSSR count). The maximum Gasteiger partial charge on any atom is 0.297 e. The van der Waals surface area contributed by atoms with Crippen molar-refractivity contribution in [2.75, 3.05) is 13.7 Å². The van der Waals surface area contributed by atoms with Crippen molar-refractivity contribution in [3.05, 3.63) is 59.3 Å². The summed E-state index contributed by atoms with van der Waals surface area (Å²) in [5.74, 6) is 1.19. The van der Waals surface area contributed by atoms with E-state index >= 15 is 0 Å². The van der Waals surface area contributed by atoms with E-state index in [2.05, 4.69) is 4.98 Å². The van der Waals surface area contributed by atoms with E-state index in [1.807, 2.05) is 38.1 Å². The first kappa shape index (κ1) is 17.8. The molecule has 1 atom stereocenters. The number of benzene rings is 2. The van der Waals surface area contributed by atoms with Crippen molar-refractivity contribution >= 4 is 21.0 Å². The molecule has 0 unspecified atom stereocenters. The van der Waals surface area contributed by atoms with Crippen molar-refractivity contribution in [1.82, 2.24) is 4.98 Å². The predicted octanol–water partition coefficient (Wildman–Crippen LogP) is 3.70. The highest BCUT2D eigenvalue weighted by atomic mass is 32.2. The average molecular weight is 385 g/mol. The van der Waals surface area contributed by atoms with Gasteiger partial charge in [-0.15, -0.1) is 0 Å². The van der Waals surface area contributed by atoms with Crippen LogP contribution < -0.4 is 9.47 Å². The number of aromatic nitrogens is 1. The first-order chi connectivity index (χ1) is 12.9. The van der Waals surface area contributed by atoms with Crippen LogP contribution in [-0.4, -0.2) is 27.1 Å². The molecule has 0 bridgehead atoms. The van der Waals surface area contributed by atoms with Gasteiger partial charge in [-0.1, -0.05) is 17.7 Å². The molecule has 3 aromatic rings. The smallest absolute Gasteiger partial charge is 0.297 e. The van der Waals surface area contributed by atoms with Gasteiger partial charge in [0.1, 0.15) is 11.5 Å².